The summed E-state index contributed by atoms with van der Waals surface area (Å²) in [5.41, 5.74) is 21.7. The van der Waals surface area contributed by atoms with Gasteiger partial charge < -0.3 is 9.80 Å². The Kier molecular flexibility index (Phi) is 11.2. The molecule has 296 valence electrons. The van der Waals surface area contributed by atoms with Gasteiger partial charge in [-0.05, 0) is 163 Å². The van der Waals surface area contributed by atoms with Crippen molar-refractivity contribution in [3.63, 3.8) is 0 Å². The summed E-state index contributed by atoms with van der Waals surface area (Å²) in [4.78, 5) is 4.69. The van der Waals surface area contributed by atoms with Crippen LogP contribution in [0.5, 0.6) is 0 Å². The van der Waals surface area contributed by atoms with Crippen molar-refractivity contribution in [3.05, 3.63) is 252 Å². The van der Waals surface area contributed by atoms with E-state index in [0.717, 1.165) is 40.5 Å². The van der Waals surface area contributed by atoms with Crippen LogP contribution >= 0.6 is 0 Å². The quantitative estimate of drug-likeness (QED) is 0.129. The molecule has 2 nitrogen and oxygen atoms in total. The van der Waals surface area contributed by atoms with E-state index < -0.39 is 0 Å². The third-order valence-electron chi connectivity index (χ3n) is 11.5. The fourth-order valence-corrected chi connectivity index (χ4v) is 8.30. The highest BCUT2D eigenvalue weighted by Gasteiger charge is 2.15. The van der Waals surface area contributed by atoms with E-state index in [0.29, 0.717) is 0 Å². The molecular weight excluding hydrogens is 737 g/mol. The molecule has 0 saturated heterocycles. The highest BCUT2D eigenvalue weighted by atomic mass is 15.1. The van der Waals surface area contributed by atoms with Gasteiger partial charge >= 0.3 is 0 Å². The highest BCUT2D eigenvalue weighted by molar-refractivity contribution is 5.81. The van der Waals surface area contributed by atoms with Crippen molar-refractivity contribution in [2.45, 2.75) is 34.1 Å². The average molecular weight is 787 g/mol. The van der Waals surface area contributed by atoms with Crippen LogP contribution in [-0.2, 0) is 6.42 Å². The summed E-state index contributed by atoms with van der Waals surface area (Å²) in [6.45, 7) is 8.59. The SMILES string of the molecule is Cc1cccc(-c2ccc(N(c3ccc(Cc4ccc(-c5ccc(N(c6ccc(-c7cccc(C)c7)cc6)c6cccc(C)c6)cc5)cc4)cc3)c3cccc(C)c3)cc2)c1. The van der Waals surface area contributed by atoms with Gasteiger partial charge in [0.1, 0.15) is 0 Å². The Hall–Kier alpha value is -7.42. The predicted molar refractivity (Wildman–Crippen MR) is 260 cm³/mol. The molecule has 0 amide bonds. The molecule has 0 N–H and O–H groups in total. The summed E-state index contributed by atoms with van der Waals surface area (Å²) in [7, 11) is 0. The molecule has 0 aliphatic heterocycles. The van der Waals surface area contributed by atoms with E-state index in [2.05, 4.69) is 256 Å². The summed E-state index contributed by atoms with van der Waals surface area (Å²) in [6, 6.07) is 79.7. The summed E-state index contributed by atoms with van der Waals surface area (Å²) in [5.74, 6) is 0. The van der Waals surface area contributed by atoms with Crippen LogP contribution in [0.1, 0.15) is 33.4 Å². The zero-order valence-corrected chi connectivity index (χ0v) is 35.4. The predicted octanol–water partition coefficient (Wildman–Crippen LogP) is 16.5. The minimum absolute atomic E-state index is 0.864. The summed E-state index contributed by atoms with van der Waals surface area (Å²) in [5, 5.41) is 0. The van der Waals surface area contributed by atoms with E-state index in [9.17, 15) is 0 Å². The van der Waals surface area contributed by atoms with E-state index in [4.69, 9.17) is 0 Å². The Labute approximate surface area is 361 Å². The third-order valence-corrected chi connectivity index (χ3v) is 11.5. The lowest BCUT2D eigenvalue weighted by Gasteiger charge is -2.26. The average Bonchev–Trinajstić information content (AvgIpc) is 3.28. The minimum atomic E-state index is 0.864. The van der Waals surface area contributed by atoms with Gasteiger partial charge in [0.25, 0.3) is 0 Å². The molecule has 0 aliphatic rings. The van der Waals surface area contributed by atoms with Gasteiger partial charge in [0, 0.05) is 34.1 Å². The van der Waals surface area contributed by atoms with Gasteiger partial charge in [0.2, 0.25) is 0 Å². The molecule has 0 fully saturated rings. The number of hydrogen-bond acceptors (Lipinski definition) is 2. The van der Waals surface area contributed by atoms with Crippen molar-refractivity contribution in [1.82, 2.24) is 0 Å². The van der Waals surface area contributed by atoms with Crippen LogP contribution in [-0.4, -0.2) is 0 Å². The highest BCUT2D eigenvalue weighted by Crippen LogP contribution is 2.39. The molecule has 0 aromatic heterocycles. The molecule has 0 spiro atoms. The molecule has 9 aromatic rings. The Balaban J connectivity index is 0.919. The molecule has 61 heavy (non-hydrogen) atoms. The first kappa shape index (κ1) is 39.1. The Bertz CT molecular complexity index is 2890. The second kappa shape index (κ2) is 17.4. The number of anilines is 6. The maximum Gasteiger partial charge on any atom is 0.0464 e. The third kappa shape index (κ3) is 8.95. The Morgan fingerprint density at radius 3 is 0.869 bits per heavy atom. The first-order valence-corrected chi connectivity index (χ1v) is 21.2. The zero-order chi connectivity index (χ0) is 41.7. The van der Waals surface area contributed by atoms with E-state index >= 15 is 0 Å². The molecule has 2 heteroatoms. The summed E-state index contributed by atoms with van der Waals surface area (Å²) >= 11 is 0. The second-order valence-electron chi connectivity index (χ2n) is 16.3. The van der Waals surface area contributed by atoms with Crippen LogP contribution in [0, 0.1) is 27.7 Å². The van der Waals surface area contributed by atoms with Gasteiger partial charge in [-0.1, -0.05) is 157 Å². The summed E-state index contributed by atoms with van der Waals surface area (Å²) in [6.07, 6.45) is 0.864. The first-order valence-electron chi connectivity index (χ1n) is 21.2. The molecular formula is C59H50N2. The maximum atomic E-state index is 2.35. The lowest BCUT2D eigenvalue weighted by molar-refractivity contribution is 1.18. The largest absolute Gasteiger partial charge is 0.310 e. The lowest BCUT2D eigenvalue weighted by Crippen LogP contribution is -2.10. The monoisotopic (exact) mass is 786 g/mol. The maximum absolute atomic E-state index is 2.35. The van der Waals surface area contributed by atoms with Crippen molar-refractivity contribution in [2.24, 2.45) is 0 Å². The van der Waals surface area contributed by atoms with Crippen LogP contribution in [0.3, 0.4) is 0 Å². The van der Waals surface area contributed by atoms with Crippen molar-refractivity contribution in [2.75, 3.05) is 9.80 Å². The molecule has 0 bridgehead atoms. The van der Waals surface area contributed by atoms with Gasteiger partial charge in [-0.25, -0.2) is 0 Å². The van der Waals surface area contributed by atoms with E-state index in [1.165, 1.54) is 66.8 Å². The van der Waals surface area contributed by atoms with Crippen molar-refractivity contribution >= 4 is 34.1 Å². The lowest BCUT2D eigenvalue weighted by atomic mass is 9.99. The smallest absolute Gasteiger partial charge is 0.0464 e. The molecule has 0 radical (unpaired) electrons. The molecule has 0 saturated carbocycles. The van der Waals surface area contributed by atoms with Gasteiger partial charge in [-0.15, -0.1) is 0 Å². The second-order valence-corrected chi connectivity index (χ2v) is 16.3. The van der Waals surface area contributed by atoms with E-state index in [1.54, 1.807) is 0 Å². The standard InChI is InChI=1S/C59H50N2/c1-42-9-5-13-52(37-42)50-25-33-56(34-26-50)60(58-15-7-11-44(3)39-58)54-29-19-47(20-30-54)41-46-17-21-48(22-18-46)49-23-31-55(32-24-49)61(59-16-8-12-45(4)40-59)57-35-27-51(28-36-57)53-14-6-10-43(2)38-53/h5-40H,41H2,1-4H3. The van der Waals surface area contributed by atoms with Crippen molar-refractivity contribution in [1.29, 1.82) is 0 Å². The molecule has 9 aromatic carbocycles. The molecule has 0 heterocycles. The van der Waals surface area contributed by atoms with Gasteiger partial charge in [-0.3, -0.25) is 0 Å². The van der Waals surface area contributed by atoms with Crippen LogP contribution in [0.4, 0.5) is 34.1 Å². The van der Waals surface area contributed by atoms with Gasteiger partial charge in [-0.2, -0.15) is 0 Å². The molecule has 0 atom stereocenters. The number of nitrogens with zero attached hydrogens (tertiary/aromatic N) is 2. The van der Waals surface area contributed by atoms with Crippen LogP contribution in [0.2, 0.25) is 0 Å². The molecule has 0 aliphatic carbocycles. The number of benzene rings is 9. The zero-order valence-electron chi connectivity index (χ0n) is 35.4. The first-order chi connectivity index (χ1) is 29.8. The number of hydrogen-bond donors (Lipinski definition) is 0. The number of rotatable bonds is 11. The fraction of sp³-hybridized carbons (Fsp3) is 0.0847. The Morgan fingerprint density at radius 2 is 0.525 bits per heavy atom. The van der Waals surface area contributed by atoms with Crippen LogP contribution < -0.4 is 9.80 Å². The molecule has 9 rings (SSSR count). The molecule has 0 unspecified atom stereocenters. The normalized spacial score (nSPS) is 11.0. The van der Waals surface area contributed by atoms with Crippen LogP contribution in [0.25, 0.3) is 33.4 Å². The number of aryl methyl sites for hydroxylation is 4. The van der Waals surface area contributed by atoms with Crippen LogP contribution in [0.15, 0.2) is 218 Å². The van der Waals surface area contributed by atoms with Gasteiger partial charge in [0.15, 0.2) is 0 Å². The van der Waals surface area contributed by atoms with E-state index in [-0.39, 0.29) is 0 Å². The summed E-state index contributed by atoms with van der Waals surface area (Å²) < 4.78 is 0. The fourth-order valence-electron chi connectivity index (χ4n) is 8.30. The topological polar surface area (TPSA) is 6.48 Å². The minimum Gasteiger partial charge on any atom is -0.310 e. The van der Waals surface area contributed by atoms with Gasteiger partial charge in [0.05, 0.1) is 0 Å². The Morgan fingerprint density at radius 1 is 0.246 bits per heavy atom. The van der Waals surface area contributed by atoms with Crippen molar-refractivity contribution in [3.8, 4) is 33.4 Å². The van der Waals surface area contributed by atoms with Crippen molar-refractivity contribution < 1.29 is 0 Å². The van der Waals surface area contributed by atoms with E-state index in [1.807, 2.05) is 0 Å².